The first-order chi connectivity index (χ1) is 15.5. The summed E-state index contributed by atoms with van der Waals surface area (Å²) in [5, 5.41) is 7.50. The van der Waals surface area contributed by atoms with E-state index < -0.39 is 6.04 Å². The molecule has 3 aromatic rings. The lowest BCUT2D eigenvalue weighted by Gasteiger charge is -2.35. The van der Waals surface area contributed by atoms with Crippen molar-refractivity contribution in [3.63, 3.8) is 0 Å². The smallest absolute Gasteiger partial charge is 0.241 e. The third-order valence-electron chi connectivity index (χ3n) is 5.98. The molecule has 1 aromatic heterocycles. The van der Waals surface area contributed by atoms with E-state index in [9.17, 15) is 9.18 Å². The molecule has 5 rings (SSSR count). The summed E-state index contributed by atoms with van der Waals surface area (Å²) in [6.45, 7) is 0. The van der Waals surface area contributed by atoms with Gasteiger partial charge in [0.25, 0.3) is 0 Å². The number of Topliss-reactive ketones (excluding diaryl/α,β-unsaturated/α-hetero) is 1. The normalized spacial score (nSPS) is 19.8. The van der Waals surface area contributed by atoms with Gasteiger partial charge in [0.1, 0.15) is 11.9 Å². The van der Waals surface area contributed by atoms with Crippen molar-refractivity contribution in [2.24, 2.45) is 0 Å². The van der Waals surface area contributed by atoms with E-state index in [1.54, 1.807) is 31.0 Å². The third kappa shape index (κ3) is 3.26. The van der Waals surface area contributed by atoms with Crippen molar-refractivity contribution in [1.82, 2.24) is 14.8 Å². The molecular formula is C23H22FN5O3. The van der Waals surface area contributed by atoms with Crippen LogP contribution in [-0.4, -0.2) is 34.8 Å². The molecule has 1 aliphatic carbocycles. The van der Waals surface area contributed by atoms with E-state index >= 15 is 0 Å². The Labute approximate surface area is 183 Å². The number of ether oxygens (including phenoxy) is 2. The Kier molecular flexibility index (Phi) is 4.80. The van der Waals surface area contributed by atoms with E-state index in [1.807, 2.05) is 18.2 Å². The molecule has 9 heteroatoms. The van der Waals surface area contributed by atoms with Gasteiger partial charge in [-0.05, 0) is 47.7 Å². The second kappa shape index (κ2) is 7.67. The number of benzene rings is 2. The van der Waals surface area contributed by atoms with Crippen LogP contribution in [0.5, 0.6) is 11.5 Å². The molecule has 0 fully saturated rings. The third-order valence-corrected chi connectivity index (χ3v) is 5.98. The summed E-state index contributed by atoms with van der Waals surface area (Å²) < 4.78 is 26.3. The van der Waals surface area contributed by atoms with Crippen molar-refractivity contribution in [3.8, 4) is 11.5 Å². The SMILES string of the molecule is COc1ccc([C@@H]2CC(=O)C3=C(C2)Nc2nc(N)nn2[C@@H]3c2cccc(F)c2)cc1OC. The summed E-state index contributed by atoms with van der Waals surface area (Å²) in [5.41, 5.74) is 8.73. The number of rotatable bonds is 4. The fourth-order valence-corrected chi connectivity index (χ4v) is 4.56. The Bertz CT molecular complexity index is 1250. The van der Waals surface area contributed by atoms with Gasteiger partial charge in [-0.15, -0.1) is 5.10 Å². The Morgan fingerprint density at radius 2 is 1.91 bits per heavy atom. The summed E-state index contributed by atoms with van der Waals surface area (Å²) in [4.78, 5) is 17.7. The van der Waals surface area contributed by atoms with Crippen molar-refractivity contribution in [2.75, 3.05) is 25.3 Å². The standard InChI is InChI=1S/C23H22FN5O3/c1-31-18-7-6-12(11-19(18)32-2)14-9-16-20(17(30)10-14)21(13-4-3-5-15(24)8-13)29-23(26-16)27-22(25)28-29/h3-8,11,14,21H,9-10H2,1-2H3,(H3,25,26,27,28)/t14-,21+/m0/s1. The summed E-state index contributed by atoms with van der Waals surface area (Å²) >= 11 is 0. The molecule has 0 bridgehead atoms. The second-order valence-electron chi connectivity index (χ2n) is 7.86. The second-order valence-corrected chi connectivity index (χ2v) is 7.86. The minimum Gasteiger partial charge on any atom is -0.493 e. The van der Waals surface area contributed by atoms with Gasteiger partial charge in [-0.1, -0.05) is 18.2 Å². The molecule has 32 heavy (non-hydrogen) atoms. The van der Waals surface area contributed by atoms with Crippen molar-refractivity contribution in [1.29, 1.82) is 0 Å². The highest BCUT2D eigenvalue weighted by molar-refractivity contribution is 6.00. The number of fused-ring (bicyclic) bond motifs is 1. The number of nitrogens with zero attached hydrogens (tertiary/aromatic N) is 3. The average Bonchev–Trinajstić information content (AvgIpc) is 3.16. The molecule has 0 radical (unpaired) electrons. The summed E-state index contributed by atoms with van der Waals surface area (Å²) in [7, 11) is 3.16. The molecule has 0 spiro atoms. The van der Waals surface area contributed by atoms with Crippen LogP contribution < -0.4 is 20.5 Å². The molecule has 0 amide bonds. The number of allylic oxidation sites excluding steroid dienone is 2. The molecule has 2 aromatic carbocycles. The highest BCUT2D eigenvalue weighted by Crippen LogP contribution is 2.45. The van der Waals surface area contributed by atoms with E-state index in [4.69, 9.17) is 15.2 Å². The average molecular weight is 435 g/mol. The summed E-state index contributed by atoms with van der Waals surface area (Å²) in [6, 6.07) is 11.3. The van der Waals surface area contributed by atoms with Gasteiger partial charge in [0.15, 0.2) is 17.3 Å². The first-order valence-electron chi connectivity index (χ1n) is 10.2. The number of methoxy groups -OCH3 is 2. The highest BCUT2D eigenvalue weighted by Gasteiger charge is 2.40. The van der Waals surface area contributed by atoms with Crippen molar-refractivity contribution in [3.05, 3.63) is 70.7 Å². The number of carbonyl (C=O) groups is 1. The quantitative estimate of drug-likeness (QED) is 0.647. The number of carbonyl (C=O) groups excluding carboxylic acids is 1. The van der Waals surface area contributed by atoms with Crippen molar-refractivity contribution >= 4 is 17.7 Å². The van der Waals surface area contributed by atoms with Gasteiger partial charge in [0.05, 0.1) is 14.2 Å². The number of aromatic nitrogens is 3. The molecule has 3 N–H and O–H groups in total. The number of ketones is 1. The zero-order valence-electron chi connectivity index (χ0n) is 17.6. The number of nitrogen functional groups attached to an aromatic ring is 1. The van der Waals surface area contributed by atoms with Crippen LogP contribution in [0.2, 0.25) is 0 Å². The van der Waals surface area contributed by atoms with Crippen LogP contribution in [0.4, 0.5) is 16.3 Å². The van der Waals surface area contributed by atoms with Crippen LogP contribution in [0.1, 0.15) is 35.9 Å². The summed E-state index contributed by atoms with van der Waals surface area (Å²) in [6.07, 6.45) is 0.885. The minimum atomic E-state index is -0.597. The first kappa shape index (κ1) is 20.0. The molecule has 0 saturated heterocycles. The Morgan fingerprint density at radius 1 is 1.09 bits per heavy atom. The van der Waals surface area contributed by atoms with Crippen molar-refractivity contribution < 1.29 is 18.7 Å². The first-order valence-corrected chi connectivity index (χ1v) is 10.2. The van der Waals surface area contributed by atoms with Gasteiger partial charge in [0, 0.05) is 17.7 Å². The predicted octanol–water partition coefficient (Wildman–Crippen LogP) is 3.43. The maximum atomic E-state index is 14.0. The minimum absolute atomic E-state index is 0.0347. The van der Waals surface area contributed by atoms with E-state index in [1.165, 1.54) is 12.1 Å². The monoisotopic (exact) mass is 435 g/mol. The number of nitrogens with one attached hydrogen (secondary N) is 1. The molecule has 0 saturated carbocycles. The lowest BCUT2D eigenvalue weighted by atomic mass is 9.78. The van der Waals surface area contributed by atoms with Crippen LogP contribution in [0.15, 0.2) is 53.7 Å². The Hall–Kier alpha value is -3.88. The van der Waals surface area contributed by atoms with Gasteiger partial charge in [-0.25, -0.2) is 9.07 Å². The fraction of sp³-hybridized carbons (Fsp3) is 0.261. The fourth-order valence-electron chi connectivity index (χ4n) is 4.56. The number of anilines is 2. The van der Waals surface area contributed by atoms with Crippen LogP contribution in [-0.2, 0) is 4.79 Å². The van der Waals surface area contributed by atoms with Gasteiger partial charge < -0.3 is 20.5 Å². The van der Waals surface area contributed by atoms with E-state index in [0.29, 0.717) is 41.4 Å². The van der Waals surface area contributed by atoms with Gasteiger partial charge in [-0.3, -0.25) is 4.79 Å². The van der Waals surface area contributed by atoms with Gasteiger partial charge >= 0.3 is 0 Å². The molecule has 0 unspecified atom stereocenters. The van der Waals surface area contributed by atoms with E-state index in [0.717, 1.165) is 11.3 Å². The summed E-state index contributed by atoms with van der Waals surface area (Å²) in [5.74, 6) is 1.27. The maximum absolute atomic E-state index is 14.0. The highest BCUT2D eigenvalue weighted by atomic mass is 19.1. The Morgan fingerprint density at radius 3 is 2.66 bits per heavy atom. The molecular weight excluding hydrogens is 413 g/mol. The van der Waals surface area contributed by atoms with Crippen LogP contribution in [0.3, 0.4) is 0 Å². The zero-order chi connectivity index (χ0) is 22.4. The molecule has 2 aliphatic rings. The van der Waals surface area contributed by atoms with Crippen LogP contribution >= 0.6 is 0 Å². The largest absolute Gasteiger partial charge is 0.493 e. The molecule has 8 nitrogen and oxygen atoms in total. The van der Waals surface area contributed by atoms with Gasteiger partial charge in [0.2, 0.25) is 11.9 Å². The Balaban J connectivity index is 1.58. The van der Waals surface area contributed by atoms with Crippen molar-refractivity contribution in [2.45, 2.75) is 24.8 Å². The molecule has 2 heterocycles. The molecule has 2 atom stereocenters. The predicted molar refractivity (Wildman–Crippen MR) is 116 cm³/mol. The number of nitrogens with two attached hydrogens (primary N) is 1. The topological polar surface area (TPSA) is 104 Å². The van der Waals surface area contributed by atoms with E-state index in [2.05, 4.69) is 15.4 Å². The molecule has 164 valence electrons. The maximum Gasteiger partial charge on any atom is 0.241 e. The van der Waals surface area contributed by atoms with E-state index in [-0.39, 0.29) is 23.5 Å². The lowest BCUT2D eigenvalue weighted by molar-refractivity contribution is -0.116. The number of hydrogen-bond donors (Lipinski definition) is 2. The van der Waals surface area contributed by atoms with Crippen LogP contribution in [0.25, 0.3) is 0 Å². The number of halogens is 1. The number of hydrogen-bond acceptors (Lipinski definition) is 7. The zero-order valence-corrected chi connectivity index (χ0v) is 17.6. The van der Waals surface area contributed by atoms with Crippen LogP contribution in [0, 0.1) is 5.82 Å². The van der Waals surface area contributed by atoms with Gasteiger partial charge in [-0.2, -0.15) is 4.98 Å². The molecule has 1 aliphatic heterocycles. The lowest BCUT2D eigenvalue weighted by Crippen LogP contribution is -2.33.